The van der Waals surface area contributed by atoms with Gasteiger partial charge in [0.05, 0.1) is 12.6 Å². The van der Waals surface area contributed by atoms with E-state index in [1.165, 1.54) is 39.6 Å². The van der Waals surface area contributed by atoms with Crippen LogP contribution in [0.1, 0.15) is 44.9 Å². The molecule has 0 saturated carbocycles. The molecule has 2 aromatic rings. The van der Waals surface area contributed by atoms with Crippen molar-refractivity contribution in [1.82, 2.24) is 26.2 Å². The lowest BCUT2D eigenvalue weighted by Crippen LogP contribution is -2.56. The maximum atomic E-state index is 13.9. The number of ether oxygens (including phenoxy) is 2. The SMILES string of the molecule is CC(=O)NCC(=O)N(C)[C@@H]1C(=O)N[C@@H](C)C(=O)N[C@H](C(=O)N[C@@H](C)C(C)=O)Cc2ccc(OCCN)c(c2)-c2cc1ccc2OCCN. The highest BCUT2D eigenvalue weighted by atomic mass is 16.5. The van der Waals surface area contributed by atoms with Crippen molar-refractivity contribution in [2.75, 3.05) is 39.9 Å². The molecular weight excluding hydrogens is 622 g/mol. The van der Waals surface area contributed by atoms with E-state index in [2.05, 4.69) is 21.3 Å². The van der Waals surface area contributed by atoms with Crippen molar-refractivity contribution in [2.45, 2.75) is 58.3 Å². The maximum Gasteiger partial charge on any atom is 0.248 e. The van der Waals surface area contributed by atoms with Crippen molar-refractivity contribution in [3.05, 3.63) is 47.5 Å². The number of likely N-dealkylation sites (N-methyl/N-ethyl adjacent to an activating group) is 1. The summed E-state index contributed by atoms with van der Waals surface area (Å²) >= 11 is 0. The molecule has 5 amide bonds. The normalized spacial score (nSPS) is 18.3. The fourth-order valence-corrected chi connectivity index (χ4v) is 4.97. The van der Waals surface area contributed by atoms with Crippen LogP contribution in [-0.2, 0) is 35.2 Å². The van der Waals surface area contributed by atoms with Gasteiger partial charge < -0.3 is 47.1 Å². The van der Waals surface area contributed by atoms with E-state index in [4.69, 9.17) is 20.9 Å². The maximum absolute atomic E-state index is 13.9. The van der Waals surface area contributed by atoms with E-state index in [0.29, 0.717) is 33.8 Å². The van der Waals surface area contributed by atoms with Crippen molar-refractivity contribution in [3.63, 3.8) is 0 Å². The van der Waals surface area contributed by atoms with Gasteiger partial charge in [-0.15, -0.1) is 0 Å². The van der Waals surface area contributed by atoms with Gasteiger partial charge in [-0.1, -0.05) is 12.1 Å². The van der Waals surface area contributed by atoms with E-state index < -0.39 is 53.7 Å². The van der Waals surface area contributed by atoms with E-state index in [1.807, 2.05) is 0 Å². The van der Waals surface area contributed by atoms with Gasteiger partial charge in [0.1, 0.15) is 42.8 Å². The van der Waals surface area contributed by atoms with Crippen LogP contribution in [0.2, 0.25) is 0 Å². The average Bonchev–Trinajstić information content (AvgIpc) is 3.04. The number of rotatable bonds is 12. The van der Waals surface area contributed by atoms with E-state index in [9.17, 15) is 28.8 Å². The molecule has 1 heterocycles. The van der Waals surface area contributed by atoms with Gasteiger partial charge in [0, 0.05) is 44.6 Å². The number of hydrogen-bond acceptors (Lipinski definition) is 10. The van der Waals surface area contributed by atoms with Gasteiger partial charge in [-0.3, -0.25) is 28.8 Å². The molecule has 8 N–H and O–H groups in total. The minimum absolute atomic E-state index is 0.0225. The fourth-order valence-electron chi connectivity index (χ4n) is 4.97. The van der Waals surface area contributed by atoms with Gasteiger partial charge in [-0.05, 0) is 56.2 Å². The fraction of sp³-hybridized carbons (Fsp3) is 0.455. The Morgan fingerprint density at radius 3 is 2.12 bits per heavy atom. The van der Waals surface area contributed by atoms with Gasteiger partial charge in [-0.25, -0.2) is 0 Å². The molecule has 4 bridgehead atoms. The summed E-state index contributed by atoms with van der Waals surface area (Å²) in [5.41, 5.74) is 13.5. The molecule has 0 aliphatic carbocycles. The first-order valence-corrected chi connectivity index (χ1v) is 15.6. The van der Waals surface area contributed by atoms with Crippen LogP contribution in [0.25, 0.3) is 11.1 Å². The lowest BCUT2D eigenvalue weighted by atomic mass is 9.93. The van der Waals surface area contributed by atoms with Crippen molar-refractivity contribution in [2.24, 2.45) is 11.5 Å². The average molecular weight is 668 g/mol. The minimum Gasteiger partial charge on any atom is -0.492 e. The summed E-state index contributed by atoms with van der Waals surface area (Å²) in [7, 11) is 1.41. The molecule has 48 heavy (non-hydrogen) atoms. The molecule has 15 nitrogen and oxygen atoms in total. The number of carbonyl (C=O) groups excluding carboxylic acids is 6. The molecule has 4 atom stereocenters. The molecule has 0 radical (unpaired) electrons. The van der Waals surface area contributed by atoms with Crippen LogP contribution in [0.15, 0.2) is 36.4 Å². The third kappa shape index (κ3) is 9.75. The number of nitrogens with one attached hydrogen (secondary N) is 4. The number of hydrogen-bond donors (Lipinski definition) is 6. The van der Waals surface area contributed by atoms with Gasteiger partial charge in [-0.2, -0.15) is 0 Å². The molecule has 15 heteroatoms. The Labute approximate surface area is 279 Å². The monoisotopic (exact) mass is 667 g/mol. The molecular formula is C33H45N7O8. The molecule has 1 aliphatic rings. The third-order valence-corrected chi connectivity index (χ3v) is 7.72. The highest BCUT2D eigenvalue weighted by molar-refractivity contribution is 5.96. The van der Waals surface area contributed by atoms with Gasteiger partial charge in [0.25, 0.3) is 0 Å². The zero-order valence-electron chi connectivity index (χ0n) is 27.9. The molecule has 0 fully saturated rings. The Morgan fingerprint density at radius 1 is 0.938 bits per heavy atom. The highest BCUT2D eigenvalue weighted by Gasteiger charge is 2.33. The zero-order valence-corrected chi connectivity index (χ0v) is 27.9. The molecule has 0 spiro atoms. The number of ketones is 1. The first-order chi connectivity index (χ1) is 22.8. The summed E-state index contributed by atoms with van der Waals surface area (Å²) in [6, 6.07) is 5.83. The standard InChI is InChI=1S/C33H45N7O8/c1-18(20(3)41)37-32(45)26-15-22-6-8-27(47-12-10-34)24(14-22)25-16-23(7-9-28(25)48-13-11-35)30(33(46)38-19(2)31(44)39-26)40(5)29(43)17-36-21(4)42/h6-9,14,16,18-19,26,30H,10-13,15,17,34-35H2,1-5H3,(H,36,42)(H,37,45)(H,38,46)(H,39,44)/t18-,19-,26-,30-/m0/s1. The Bertz CT molecular complexity index is 1530. The lowest BCUT2D eigenvalue weighted by molar-refractivity contribution is -0.140. The van der Waals surface area contributed by atoms with Crippen LogP contribution in [0.4, 0.5) is 0 Å². The third-order valence-electron chi connectivity index (χ3n) is 7.72. The summed E-state index contributed by atoms with van der Waals surface area (Å²) in [5, 5.41) is 10.4. The zero-order chi connectivity index (χ0) is 35.5. The molecule has 2 aromatic carbocycles. The number of Topliss-reactive ketones (excluding diaryl/α,β-unsaturated/α-hetero) is 1. The summed E-state index contributed by atoms with van der Waals surface area (Å²) in [6.07, 6.45) is 0.0225. The Kier molecular flexibility index (Phi) is 13.4. The first-order valence-electron chi connectivity index (χ1n) is 15.6. The van der Waals surface area contributed by atoms with Gasteiger partial charge >= 0.3 is 0 Å². The van der Waals surface area contributed by atoms with Crippen molar-refractivity contribution >= 4 is 35.3 Å². The largest absolute Gasteiger partial charge is 0.492 e. The Balaban J connectivity index is 2.28. The van der Waals surface area contributed by atoms with Crippen molar-refractivity contribution in [3.8, 4) is 22.6 Å². The van der Waals surface area contributed by atoms with Crippen LogP contribution in [0, 0.1) is 0 Å². The number of nitrogens with two attached hydrogens (primary N) is 2. The number of amides is 5. The second-order valence-electron chi connectivity index (χ2n) is 11.5. The smallest absolute Gasteiger partial charge is 0.248 e. The molecule has 3 rings (SSSR count). The van der Waals surface area contributed by atoms with Crippen LogP contribution in [0.5, 0.6) is 11.5 Å². The number of benzene rings is 2. The van der Waals surface area contributed by atoms with Gasteiger partial charge in [0.2, 0.25) is 29.5 Å². The van der Waals surface area contributed by atoms with Crippen molar-refractivity contribution < 1.29 is 38.2 Å². The van der Waals surface area contributed by atoms with Crippen LogP contribution in [0.3, 0.4) is 0 Å². The summed E-state index contributed by atoms with van der Waals surface area (Å²) in [5.74, 6) is -2.41. The topological polar surface area (TPSA) is 224 Å². The Morgan fingerprint density at radius 2 is 1.54 bits per heavy atom. The molecule has 0 aromatic heterocycles. The molecule has 260 valence electrons. The number of fused-ring (bicyclic) bond motifs is 5. The minimum atomic E-state index is -1.26. The Hall–Kier alpha value is -5.02. The molecule has 1 aliphatic heterocycles. The van der Waals surface area contributed by atoms with E-state index in [-0.39, 0.29) is 45.1 Å². The molecule has 0 unspecified atom stereocenters. The van der Waals surface area contributed by atoms with E-state index in [0.717, 1.165) is 0 Å². The highest BCUT2D eigenvalue weighted by Crippen LogP contribution is 2.40. The van der Waals surface area contributed by atoms with E-state index >= 15 is 0 Å². The predicted molar refractivity (Wildman–Crippen MR) is 177 cm³/mol. The predicted octanol–water partition coefficient (Wildman–Crippen LogP) is -0.696. The van der Waals surface area contributed by atoms with Crippen LogP contribution >= 0.6 is 0 Å². The summed E-state index contributed by atoms with van der Waals surface area (Å²) in [4.78, 5) is 78.6. The van der Waals surface area contributed by atoms with E-state index in [1.54, 1.807) is 36.4 Å². The molecule has 0 saturated heterocycles. The van der Waals surface area contributed by atoms with Crippen molar-refractivity contribution in [1.29, 1.82) is 0 Å². The quantitative estimate of drug-likeness (QED) is 0.167. The lowest BCUT2D eigenvalue weighted by Gasteiger charge is -2.30. The summed E-state index contributed by atoms with van der Waals surface area (Å²) in [6.45, 7) is 6.01. The number of nitrogens with zero attached hydrogens (tertiary/aromatic N) is 1. The van der Waals surface area contributed by atoms with Crippen LogP contribution < -0.4 is 42.2 Å². The number of carbonyl (C=O) groups is 6. The first kappa shape index (κ1) is 37.4. The second kappa shape index (κ2) is 17.2. The van der Waals surface area contributed by atoms with Gasteiger partial charge in [0.15, 0.2) is 5.78 Å². The van der Waals surface area contributed by atoms with Crippen LogP contribution in [-0.4, -0.2) is 98.2 Å². The summed E-state index contributed by atoms with van der Waals surface area (Å²) < 4.78 is 12.0. The second-order valence-corrected chi connectivity index (χ2v) is 11.5.